The lowest BCUT2D eigenvalue weighted by molar-refractivity contribution is -0.116. The molecule has 0 aliphatic heterocycles. The molecule has 2 aromatic heterocycles. The van der Waals surface area contributed by atoms with Crippen molar-refractivity contribution in [2.45, 2.75) is 31.2 Å². The van der Waals surface area contributed by atoms with Crippen LogP contribution in [0.15, 0.2) is 62.5 Å². The highest BCUT2D eigenvalue weighted by molar-refractivity contribution is 8.00. The maximum Gasteiger partial charge on any atom is 0.337 e. The molecule has 1 N–H and O–H groups in total. The van der Waals surface area contributed by atoms with Crippen LogP contribution in [-0.4, -0.2) is 26.3 Å². The molecule has 0 spiro atoms. The van der Waals surface area contributed by atoms with Crippen LogP contribution in [0.4, 0.5) is 5.69 Å². The number of aromatic nitrogens is 3. The van der Waals surface area contributed by atoms with Crippen molar-refractivity contribution in [1.82, 2.24) is 14.1 Å². The van der Waals surface area contributed by atoms with Gasteiger partial charge in [-0.25, -0.2) is 14.3 Å². The number of hydrogen-bond acceptors (Lipinski definition) is 6. The van der Waals surface area contributed by atoms with Gasteiger partial charge in [-0.15, -0.1) is 11.3 Å². The summed E-state index contributed by atoms with van der Waals surface area (Å²) in [5, 5.41) is 2.84. The topological polar surface area (TPSA) is 86.0 Å². The summed E-state index contributed by atoms with van der Waals surface area (Å²) in [6, 6.07) is 14.7. The first-order chi connectivity index (χ1) is 15.4. The molecule has 0 aliphatic rings. The Morgan fingerprint density at radius 3 is 2.50 bits per heavy atom. The minimum atomic E-state index is -0.593. The molecule has 0 radical (unpaired) electrons. The number of amides is 1. The zero-order valence-electron chi connectivity index (χ0n) is 17.9. The monoisotopic (exact) mass is 466 g/mol. The highest BCUT2D eigenvalue weighted by atomic mass is 32.2. The van der Waals surface area contributed by atoms with E-state index in [1.165, 1.54) is 27.7 Å². The Kier molecular flexibility index (Phi) is 6.29. The van der Waals surface area contributed by atoms with Gasteiger partial charge in [-0.3, -0.25) is 14.2 Å². The predicted octanol–water partition coefficient (Wildman–Crippen LogP) is 3.84. The summed E-state index contributed by atoms with van der Waals surface area (Å²) in [5.74, 6) is -0.368. The normalized spacial score (nSPS) is 11.1. The average molecular weight is 467 g/mol. The van der Waals surface area contributed by atoms with Crippen LogP contribution in [0.1, 0.15) is 18.1 Å². The first-order valence-corrected chi connectivity index (χ1v) is 12.1. The number of thiazole rings is 1. The molecule has 0 atom stereocenters. The highest BCUT2D eigenvalue weighted by Gasteiger charge is 2.20. The lowest BCUT2D eigenvalue weighted by atomic mass is 10.1. The Hall–Kier alpha value is -3.17. The number of aryl methyl sites for hydroxylation is 2. The van der Waals surface area contributed by atoms with Crippen LogP contribution in [0, 0.1) is 6.92 Å². The van der Waals surface area contributed by atoms with Crippen molar-refractivity contribution >= 4 is 45.0 Å². The van der Waals surface area contributed by atoms with Crippen molar-refractivity contribution in [3.63, 3.8) is 0 Å². The van der Waals surface area contributed by atoms with Crippen LogP contribution in [0.5, 0.6) is 0 Å². The largest absolute Gasteiger partial charge is 0.337 e. The summed E-state index contributed by atoms with van der Waals surface area (Å²) in [4.78, 5) is 43.9. The number of anilines is 1. The van der Waals surface area contributed by atoms with E-state index < -0.39 is 11.2 Å². The number of fused-ring (bicyclic) bond motifs is 1. The van der Waals surface area contributed by atoms with Crippen molar-refractivity contribution < 1.29 is 4.79 Å². The summed E-state index contributed by atoms with van der Waals surface area (Å²) in [5.41, 5.74) is 2.36. The SMILES string of the molecule is CCc1ccc(-n2c(=O)c3sc(SC)nc3n(CC(=O)Nc3ccccc3C)c2=O)cc1. The van der Waals surface area contributed by atoms with Gasteiger partial charge in [0, 0.05) is 5.69 Å². The fourth-order valence-electron chi connectivity index (χ4n) is 3.40. The van der Waals surface area contributed by atoms with Gasteiger partial charge in [0.1, 0.15) is 11.2 Å². The van der Waals surface area contributed by atoms with Crippen LogP contribution < -0.4 is 16.6 Å². The van der Waals surface area contributed by atoms with E-state index >= 15 is 0 Å². The third-order valence-electron chi connectivity index (χ3n) is 5.16. The van der Waals surface area contributed by atoms with Crippen LogP contribution >= 0.6 is 23.1 Å². The molecular weight excluding hydrogens is 444 g/mol. The van der Waals surface area contributed by atoms with E-state index in [-0.39, 0.29) is 18.1 Å². The molecule has 4 aromatic rings. The second kappa shape index (κ2) is 9.13. The van der Waals surface area contributed by atoms with Crippen molar-refractivity contribution in [3.05, 3.63) is 80.5 Å². The number of benzene rings is 2. The fourth-order valence-corrected chi connectivity index (χ4v) is 4.89. The Morgan fingerprint density at radius 2 is 1.84 bits per heavy atom. The van der Waals surface area contributed by atoms with Gasteiger partial charge >= 0.3 is 5.69 Å². The molecular formula is C23H22N4O3S2. The maximum atomic E-state index is 13.4. The molecule has 0 unspecified atom stereocenters. The van der Waals surface area contributed by atoms with Gasteiger partial charge in [0.05, 0.1) is 5.69 Å². The molecule has 32 heavy (non-hydrogen) atoms. The maximum absolute atomic E-state index is 13.4. The number of thioether (sulfide) groups is 1. The number of hydrogen-bond donors (Lipinski definition) is 1. The van der Waals surface area contributed by atoms with Gasteiger partial charge in [0.2, 0.25) is 5.91 Å². The Balaban J connectivity index is 1.84. The Morgan fingerprint density at radius 1 is 1.12 bits per heavy atom. The smallest absolute Gasteiger partial charge is 0.324 e. The molecule has 0 aliphatic carbocycles. The highest BCUT2D eigenvalue weighted by Crippen LogP contribution is 2.25. The Bertz CT molecular complexity index is 1420. The number of rotatable bonds is 6. The second-order valence-corrected chi connectivity index (χ2v) is 9.28. The molecule has 9 heteroatoms. The van der Waals surface area contributed by atoms with Crippen molar-refractivity contribution in [2.24, 2.45) is 0 Å². The molecule has 164 valence electrons. The standard InChI is InChI=1S/C23H22N4O3S2/c1-4-15-9-11-16(12-10-15)27-21(29)19-20(25-22(31-3)32-19)26(23(27)30)13-18(28)24-17-8-6-5-7-14(17)2/h5-12H,4,13H2,1-3H3,(H,24,28). The summed E-state index contributed by atoms with van der Waals surface area (Å²) in [7, 11) is 0. The van der Waals surface area contributed by atoms with Gasteiger partial charge in [0.25, 0.3) is 5.56 Å². The van der Waals surface area contributed by atoms with E-state index in [0.717, 1.165) is 22.1 Å². The first kappa shape index (κ1) is 22.0. The molecule has 0 saturated carbocycles. The minimum absolute atomic E-state index is 0.232. The third kappa shape index (κ3) is 4.13. The Labute approximate surface area is 192 Å². The lowest BCUT2D eigenvalue weighted by Crippen LogP contribution is -2.40. The van der Waals surface area contributed by atoms with Crippen molar-refractivity contribution in [3.8, 4) is 5.69 Å². The molecule has 1 amide bonds. The van der Waals surface area contributed by atoms with E-state index in [2.05, 4.69) is 10.3 Å². The summed E-state index contributed by atoms with van der Waals surface area (Å²) in [6.07, 6.45) is 2.70. The quantitative estimate of drug-likeness (QED) is 0.437. The molecule has 4 rings (SSSR count). The minimum Gasteiger partial charge on any atom is -0.324 e. The average Bonchev–Trinajstić information content (AvgIpc) is 3.24. The number of nitrogens with zero attached hydrogens (tertiary/aromatic N) is 3. The van der Waals surface area contributed by atoms with Crippen LogP contribution in [0.2, 0.25) is 0 Å². The summed E-state index contributed by atoms with van der Waals surface area (Å²) >= 11 is 2.62. The van der Waals surface area contributed by atoms with Crippen molar-refractivity contribution in [2.75, 3.05) is 11.6 Å². The van der Waals surface area contributed by atoms with Crippen LogP contribution in [0.3, 0.4) is 0 Å². The molecule has 2 heterocycles. The van der Waals surface area contributed by atoms with E-state index in [1.54, 1.807) is 18.2 Å². The van der Waals surface area contributed by atoms with Crippen LogP contribution in [-0.2, 0) is 17.8 Å². The zero-order chi connectivity index (χ0) is 22.8. The molecule has 0 bridgehead atoms. The predicted molar refractivity (Wildman–Crippen MR) is 130 cm³/mol. The number of carbonyl (C=O) groups is 1. The van der Waals surface area contributed by atoms with Gasteiger partial charge in [-0.2, -0.15) is 0 Å². The summed E-state index contributed by atoms with van der Waals surface area (Å²) in [6.45, 7) is 3.67. The van der Waals surface area contributed by atoms with E-state index in [9.17, 15) is 14.4 Å². The van der Waals surface area contributed by atoms with Crippen molar-refractivity contribution in [1.29, 1.82) is 0 Å². The van der Waals surface area contributed by atoms with E-state index in [1.807, 2.05) is 50.4 Å². The lowest BCUT2D eigenvalue weighted by Gasteiger charge is -2.13. The van der Waals surface area contributed by atoms with Gasteiger partial charge in [-0.05, 0) is 48.9 Å². The number of carbonyl (C=O) groups excluding carboxylic acids is 1. The number of nitrogens with one attached hydrogen (secondary N) is 1. The first-order valence-electron chi connectivity index (χ1n) is 10.1. The van der Waals surface area contributed by atoms with E-state index in [4.69, 9.17) is 0 Å². The van der Waals surface area contributed by atoms with Gasteiger partial charge < -0.3 is 5.32 Å². The fraction of sp³-hybridized carbons (Fsp3) is 0.217. The second-order valence-electron chi connectivity index (χ2n) is 7.23. The molecule has 7 nitrogen and oxygen atoms in total. The van der Waals surface area contributed by atoms with E-state index in [0.29, 0.717) is 20.4 Å². The molecule has 0 saturated heterocycles. The van der Waals surface area contributed by atoms with Gasteiger partial charge in [-0.1, -0.05) is 49.0 Å². The van der Waals surface area contributed by atoms with Gasteiger partial charge in [0.15, 0.2) is 9.99 Å². The zero-order valence-corrected chi connectivity index (χ0v) is 19.5. The molecule has 2 aromatic carbocycles. The number of para-hydroxylation sites is 1. The summed E-state index contributed by atoms with van der Waals surface area (Å²) < 4.78 is 3.39. The van der Waals surface area contributed by atoms with Crippen LogP contribution in [0.25, 0.3) is 16.0 Å². The third-order valence-corrected chi connectivity index (χ3v) is 7.18. The molecule has 0 fully saturated rings.